The molecule has 21 heavy (non-hydrogen) atoms. The number of aryl methyl sites for hydroxylation is 3. The van der Waals surface area contributed by atoms with E-state index in [2.05, 4.69) is 9.97 Å². The van der Waals surface area contributed by atoms with Crippen molar-refractivity contribution in [1.82, 2.24) is 9.97 Å². The molecule has 4 nitrogen and oxygen atoms in total. The number of aromatic nitrogens is 2. The number of hydrogen-bond acceptors (Lipinski definition) is 4. The molecule has 0 atom stereocenters. The van der Waals surface area contributed by atoms with Crippen molar-refractivity contribution in [2.45, 2.75) is 27.4 Å². The molecule has 0 aliphatic rings. The van der Waals surface area contributed by atoms with Crippen LogP contribution in [0.3, 0.4) is 0 Å². The van der Waals surface area contributed by atoms with Crippen LogP contribution in [0.1, 0.15) is 28.3 Å². The van der Waals surface area contributed by atoms with Gasteiger partial charge in [0.25, 0.3) is 0 Å². The third-order valence-corrected chi connectivity index (χ3v) is 3.14. The number of rotatable bonds is 4. The maximum Gasteiger partial charge on any atom is 0.331 e. The summed E-state index contributed by atoms with van der Waals surface area (Å²) in [6.45, 7) is 5.80. The Morgan fingerprint density at radius 3 is 2.43 bits per heavy atom. The molecule has 0 bridgehead atoms. The van der Waals surface area contributed by atoms with Gasteiger partial charge in [-0.3, -0.25) is 9.97 Å². The van der Waals surface area contributed by atoms with Gasteiger partial charge >= 0.3 is 5.97 Å². The van der Waals surface area contributed by atoms with Gasteiger partial charge in [-0.25, -0.2) is 4.79 Å². The van der Waals surface area contributed by atoms with Crippen LogP contribution < -0.4 is 0 Å². The van der Waals surface area contributed by atoms with Crippen LogP contribution in [0.25, 0.3) is 6.08 Å². The van der Waals surface area contributed by atoms with Gasteiger partial charge in [-0.15, -0.1) is 0 Å². The largest absolute Gasteiger partial charge is 0.456 e. The third-order valence-electron chi connectivity index (χ3n) is 3.14. The number of carbonyl (C=O) groups excluding carboxylic acids is 1. The molecule has 0 aliphatic heterocycles. The molecule has 0 saturated carbocycles. The maximum absolute atomic E-state index is 11.7. The van der Waals surface area contributed by atoms with Gasteiger partial charge in [0.15, 0.2) is 0 Å². The van der Waals surface area contributed by atoms with Crippen molar-refractivity contribution in [3.05, 3.63) is 64.7 Å². The lowest BCUT2D eigenvalue weighted by atomic mass is 10.2. The second kappa shape index (κ2) is 6.79. The lowest BCUT2D eigenvalue weighted by molar-refractivity contribution is -0.139. The van der Waals surface area contributed by atoms with Crippen LogP contribution in [0.5, 0.6) is 0 Å². The highest BCUT2D eigenvalue weighted by atomic mass is 16.5. The number of ether oxygens (including phenoxy) is 1. The molecule has 2 rings (SSSR count). The molecule has 1 heterocycles. The van der Waals surface area contributed by atoms with Crippen molar-refractivity contribution in [2.75, 3.05) is 0 Å². The zero-order chi connectivity index (χ0) is 15.2. The molecule has 0 fully saturated rings. The summed E-state index contributed by atoms with van der Waals surface area (Å²) in [7, 11) is 0. The highest BCUT2D eigenvalue weighted by Gasteiger charge is 2.07. The normalized spacial score (nSPS) is 10.8. The summed E-state index contributed by atoms with van der Waals surface area (Å²) in [6, 6.07) is 9.60. The van der Waals surface area contributed by atoms with Crippen LogP contribution >= 0.6 is 0 Å². The summed E-state index contributed by atoms with van der Waals surface area (Å²) < 4.78 is 5.20. The fraction of sp³-hybridized carbons (Fsp3) is 0.235. The number of esters is 1. The summed E-state index contributed by atoms with van der Waals surface area (Å²) in [4.78, 5) is 20.5. The summed E-state index contributed by atoms with van der Waals surface area (Å²) in [5, 5.41) is 0. The van der Waals surface area contributed by atoms with Crippen molar-refractivity contribution in [1.29, 1.82) is 0 Å². The molecule has 0 spiro atoms. The minimum absolute atomic E-state index is 0.137. The van der Waals surface area contributed by atoms with Crippen molar-refractivity contribution in [3.8, 4) is 0 Å². The Bertz CT molecular complexity index is 664. The van der Waals surface area contributed by atoms with Gasteiger partial charge in [-0.05, 0) is 32.4 Å². The van der Waals surface area contributed by atoms with Gasteiger partial charge in [-0.1, -0.05) is 30.3 Å². The molecular formula is C17H18N2O2. The fourth-order valence-corrected chi connectivity index (χ4v) is 1.81. The fourth-order valence-electron chi connectivity index (χ4n) is 1.81. The van der Waals surface area contributed by atoms with Gasteiger partial charge in [-0.2, -0.15) is 0 Å². The first-order valence-corrected chi connectivity index (χ1v) is 6.77. The van der Waals surface area contributed by atoms with Crippen molar-refractivity contribution < 1.29 is 9.53 Å². The molecule has 1 aromatic carbocycles. The molecule has 1 aromatic heterocycles. The molecule has 0 N–H and O–H groups in total. The number of benzene rings is 1. The summed E-state index contributed by atoms with van der Waals surface area (Å²) >= 11 is 0. The Balaban J connectivity index is 1.96. The van der Waals surface area contributed by atoms with Gasteiger partial charge in [0.1, 0.15) is 6.61 Å². The van der Waals surface area contributed by atoms with E-state index in [4.69, 9.17) is 4.74 Å². The standard InChI is InChI=1S/C17H18N2O2/c1-12-13(2)19-16(14(3)18-12)11-21-17(20)10-9-15-7-5-4-6-8-15/h4-10H,11H2,1-3H3/b10-9+. The Morgan fingerprint density at radius 2 is 1.71 bits per heavy atom. The zero-order valence-electron chi connectivity index (χ0n) is 12.5. The molecule has 0 radical (unpaired) electrons. The molecule has 0 amide bonds. The van der Waals surface area contributed by atoms with E-state index in [0.717, 1.165) is 22.6 Å². The molecule has 0 unspecified atom stereocenters. The van der Waals surface area contributed by atoms with E-state index in [1.54, 1.807) is 6.08 Å². The quantitative estimate of drug-likeness (QED) is 0.638. The smallest absolute Gasteiger partial charge is 0.331 e. The predicted octanol–water partition coefficient (Wildman–Crippen LogP) is 3.16. The molecule has 0 aliphatic carbocycles. The minimum Gasteiger partial charge on any atom is -0.456 e. The van der Waals surface area contributed by atoms with E-state index in [-0.39, 0.29) is 6.61 Å². The van der Waals surface area contributed by atoms with E-state index in [1.165, 1.54) is 6.08 Å². The predicted molar refractivity (Wildman–Crippen MR) is 81.5 cm³/mol. The van der Waals surface area contributed by atoms with E-state index in [9.17, 15) is 4.79 Å². The Morgan fingerprint density at radius 1 is 1.05 bits per heavy atom. The second-order valence-electron chi connectivity index (χ2n) is 4.78. The van der Waals surface area contributed by atoms with E-state index >= 15 is 0 Å². The van der Waals surface area contributed by atoms with E-state index in [1.807, 2.05) is 51.1 Å². The van der Waals surface area contributed by atoms with Crippen LogP contribution in [-0.2, 0) is 16.1 Å². The summed E-state index contributed by atoms with van der Waals surface area (Å²) in [6.07, 6.45) is 3.14. The molecule has 108 valence electrons. The van der Waals surface area contributed by atoms with Crippen LogP contribution in [0, 0.1) is 20.8 Å². The van der Waals surface area contributed by atoms with E-state index in [0.29, 0.717) is 5.69 Å². The third kappa shape index (κ3) is 4.24. The summed E-state index contributed by atoms with van der Waals surface area (Å²) in [5.41, 5.74) is 4.19. The first-order chi connectivity index (χ1) is 10.1. The van der Waals surface area contributed by atoms with Crippen LogP contribution in [-0.4, -0.2) is 15.9 Å². The average molecular weight is 282 g/mol. The van der Waals surface area contributed by atoms with Crippen molar-refractivity contribution >= 4 is 12.0 Å². The molecule has 2 aromatic rings. The van der Waals surface area contributed by atoms with Gasteiger partial charge in [0.05, 0.1) is 22.8 Å². The first-order valence-electron chi connectivity index (χ1n) is 6.77. The highest BCUT2D eigenvalue weighted by molar-refractivity contribution is 5.86. The lowest BCUT2D eigenvalue weighted by Crippen LogP contribution is -2.07. The van der Waals surface area contributed by atoms with Crippen molar-refractivity contribution in [3.63, 3.8) is 0 Å². The van der Waals surface area contributed by atoms with Gasteiger partial charge in [0, 0.05) is 6.08 Å². The van der Waals surface area contributed by atoms with E-state index < -0.39 is 5.97 Å². The van der Waals surface area contributed by atoms with Crippen LogP contribution in [0.2, 0.25) is 0 Å². The average Bonchev–Trinajstić information content (AvgIpc) is 2.48. The monoisotopic (exact) mass is 282 g/mol. The zero-order valence-corrected chi connectivity index (χ0v) is 12.5. The summed E-state index contributed by atoms with van der Waals surface area (Å²) in [5.74, 6) is -0.390. The number of hydrogen-bond donors (Lipinski definition) is 0. The molecule has 0 saturated heterocycles. The Hall–Kier alpha value is -2.49. The first kappa shape index (κ1) is 14.9. The number of carbonyl (C=O) groups is 1. The second-order valence-corrected chi connectivity index (χ2v) is 4.78. The topological polar surface area (TPSA) is 52.1 Å². The Labute approximate surface area is 124 Å². The molecule has 4 heteroatoms. The van der Waals surface area contributed by atoms with Crippen molar-refractivity contribution in [2.24, 2.45) is 0 Å². The number of nitrogens with zero attached hydrogens (tertiary/aromatic N) is 2. The Kier molecular flexibility index (Phi) is 4.82. The van der Waals surface area contributed by atoms with Crippen LogP contribution in [0.15, 0.2) is 36.4 Å². The molecular weight excluding hydrogens is 264 g/mol. The van der Waals surface area contributed by atoms with Crippen LogP contribution in [0.4, 0.5) is 0 Å². The maximum atomic E-state index is 11.7. The minimum atomic E-state index is -0.390. The SMILES string of the molecule is Cc1nc(C)c(COC(=O)/C=C/c2ccccc2)nc1C. The van der Waals surface area contributed by atoms with Gasteiger partial charge < -0.3 is 4.74 Å². The lowest BCUT2D eigenvalue weighted by Gasteiger charge is -2.07. The van der Waals surface area contributed by atoms with Gasteiger partial charge in [0.2, 0.25) is 0 Å². The highest BCUT2D eigenvalue weighted by Crippen LogP contribution is 2.08.